The van der Waals surface area contributed by atoms with Crippen LogP contribution >= 0.6 is 15.9 Å². The largest absolute Gasteiger partial charge is 0.329 e. The molecule has 146 valence electrons. The molecule has 0 radical (unpaired) electrons. The number of hydrogen-bond acceptors (Lipinski definition) is 5. The number of fused-ring (bicyclic) bond motifs is 1. The number of nitrogens with one attached hydrogen (secondary N) is 2. The molecule has 2 N–H and O–H groups in total. The van der Waals surface area contributed by atoms with Gasteiger partial charge in [0, 0.05) is 11.5 Å². The standard InChI is InChI=1S/C20H17BrN6O2/c1-26-17-16(18(28)24-20(26)29)27(12-14-8-5-9-15(21)10-14)19(23-17)25-22-11-13-6-3-2-4-7-13/h2-11H,12H2,1H3,(H,23,25)(H,24,28,29)/b22-11+. The molecular weight excluding hydrogens is 436 g/mol. The highest BCUT2D eigenvalue weighted by Crippen LogP contribution is 2.19. The van der Waals surface area contributed by atoms with Crippen molar-refractivity contribution >= 4 is 39.3 Å². The Hall–Kier alpha value is -3.46. The monoisotopic (exact) mass is 452 g/mol. The zero-order chi connectivity index (χ0) is 20.4. The maximum absolute atomic E-state index is 12.5. The molecule has 0 fully saturated rings. The van der Waals surface area contributed by atoms with E-state index < -0.39 is 11.2 Å². The summed E-state index contributed by atoms with van der Waals surface area (Å²) in [6.45, 7) is 0.375. The second-order valence-corrected chi connectivity index (χ2v) is 7.34. The van der Waals surface area contributed by atoms with E-state index in [1.807, 2.05) is 54.6 Å². The van der Waals surface area contributed by atoms with Crippen LogP contribution in [-0.2, 0) is 13.6 Å². The van der Waals surface area contributed by atoms with E-state index in [2.05, 4.69) is 36.4 Å². The summed E-state index contributed by atoms with van der Waals surface area (Å²) >= 11 is 3.46. The number of benzene rings is 2. The second-order valence-electron chi connectivity index (χ2n) is 6.42. The Morgan fingerprint density at radius 3 is 2.72 bits per heavy atom. The van der Waals surface area contributed by atoms with Crippen LogP contribution in [0.3, 0.4) is 0 Å². The summed E-state index contributed by atoms with van der Waals surface area (Å²) in [5, 5.41) is 4.24. The highest BCUT2D eigenvalue weighted by atomic mass is 79.9. The van der Waals surface area contributed by atoms with Gasteiger partial charge in [0.2, 0.25) is 5.95 Å². The zero-order valence-corrected chi connectivity index (χ0v) is 17.0. The quantitative estimate of drug-likeness (QED) is 0.359. The van der Waals surface area contributed by atoms with Crippen LogP contribution in [0.5, 0.6) is 0 Å². The minimum absolute atomic E-state index is 0.283. The number of rotatable bonds is 5. The first kappa shape index (κ1) is 18.9. The first-order valence-corrected chi connectivity index (χ1v) is 9.60. The molecular formula is C20H17BrN6O2. The van der Waals surface area contributed by atoms with Crippen molar-refractivity contribution in [2.45, 2.75) is 6.54 Å². The highest BCUT2D eigenvalue weighted by Gasteiger charge is 2.17. The molecule has 0 aliphatic rings. The molecule has 0 aliphatic carbocycles. The predicted molar refractivity (Wildman–Crippen MR) is 116 cm³/mol. The molecule has 0 bridgehead atoms. The molecule has 4 aromatic rings. The van der Waals surface area contributed by atoms with Gasteiger partial charge < -0.3 is 0 Å². The van der Waals surface area contributed by atoms with Gasteiger partial charge in [-0.05, 0) is 23.3 Å². The number of aryl methyl sites for hydroxylation is 1. The van der Waals surface area contributed by atoms with Gasteiger partial charge in [0.15, 0.2) is 11.2 Å². The summed E-state index contributed by atoms with van der Waals surface area (Å²) in [5.74, 6) is 0.360. The topological polar surface area (TPSA) is 97.1 Å². The van der Waals surface area contributed by atoms with Crippen molar-refractivity contribution in [1.82, 2.24) is 19.1 Å². The van der Waals surface area contributed by atoms with Gasteiger partial charge in [0.1, 0.15) is 0 Å². The molecule has 4 rings (SSSR count). The average Bonchev–Trinajstić information content (AvgIpc) is 3.06. The predicted octanol–water partition coefficient (Wildman–Crippen LogP) is 2.68. The molecule has 9 heteroatoms. The summed E-state index contributed by atoms with van der Waals surface area (Å²) < 4.78 is 3.94. The van der Waals surface area contributed by atoms with Crippen molar-refractivity contribution in [2.75, 3.05) is 5.43 Å². The van der Waals surface area contributed by atoms with Gasteiger partial charge in [-0.25, -0.2) is 10.2 Å². The minimum Gasteiger partial charge on any atom is -0.298 e. The van der Waals surface area contributed by atoms with Crippen LogP contribution in [0, 0.1) is 0 Å². The minimum atomic E-state index is -0.519. The molecule has 0 amide bonds. The number of aromatic amines is 1. The molecule has 2 aromatic heterocycles. The lowest BCUT2D eigenvalue weighted by Gasteiger charge is -2.08. The van der Waals surface area contributed by atoms with Crippen LogP contribution in [0.1, 0.15) is 11.1 Å². The lowest BCUT2D eigenvalue weighted by Crippen LogP contribution is -2.29. The molecule has 0 atom stereocenters. The summed E-state index contributed by atoms with van der Waals surface area (Å²) in [6, 6.07) is 17.3. The van der Waals surface area contributed by atoms with Gasteiger partial charge in [-0.2, -0.15) is 10.1 Å². The second kappa shape index (κ2) is 7.88. The Labute approximate surface area is 173 Å². The number of H-pyrrole nitrogens is 1. The fourth-order valence-corrected chi connectivity index (χ4v) is 3.44. The van der Waals surface area contributed by atoms with E-state index in [0.717, 1.165) is 15.6 Å². The Balaban J connectivity index is 1.80. The summed E-state index contributed by atoms with van der Waals surface area (Å²) in [4.78, 5) is 31.3. The molecule has 0 saturated carbocycles. The Morgan fingerprint density at radius 1 is 1.17 bits per heavy atom. The van der Waals surface area contributed by atoms with Gasteiger partial charge in [-0.1, -0.05) is 58.4 Å². The molecule has 0 unspecified atom stereocenters. The van der Waals surface area contributed by atoms with Gasteiger partial charge in [0.05, 0.1) is 12.8 Å². The molecule has 8 nitrogen and oxygen atoms in total. The number of anilines is 1. The molecule has 0 spiro atoms. The van der Waals surface area contributed by atoms with Crippen LogP contribution in [-0.4, -0.2) is 25.3 Å². The van der Waals surface area contributed by atoms with E-state index >= 15 is 0 Å². The Morgan fingerprint density at radius 2 is 1.97 bits per heavy atom. The third-order valence-electron chi connectivity index (χ3n) is 4.41. The smallest absolute Gasteiger partial charge is 0.298 e. The fourth-order valence-electron chi connectivity index (χ4n) is 3.00. The van der Waals surface area contributed by atoms with E-state index in [1.165, 1.54) is 4.57 Å². The fraction of sp³-hybridized carbons (Fsp3) is 0.100. The van der Waals surface area contributed by atoms with Crippen molar-refractivity contribution in [2.24, 2.45) is 12.1 Å². The van der Waals surface area contributed by atoms with E-state index in [-0.39, 0.29) is 5.65 Å². The van der Waals surface area contributed by atoms with Gasteiger partial charge >= 0.3 is 5.69 Å². The van der Waals surface area contributed by atoms with Crippen molar-refractivity contribution < 1.29 is 0 Å². The molecule has 0 saturated heterocycles. The lowest BCUT2D eigenvalue weighted by molar-refractivity contribution is 0.808. The van der Waals surface area contributed by atoms with Crippen molar-refractivity contribution in [3.05, 3.63) is 91.0 Å². The third-order valence-corrected chi connectivity index (χ3v) is 4.91. The Kier molecular flexibility index (Phi) is 5.13. The zero-order valence-electron chi connectivity index (χ0n) is 15.5. The SMILES string of the molecule is Cn1c(=O)[nH]c(=O)c2c1nc(N/N=C/c1ccccc1)n2Cc1cccc(Br)c1. The van der Waals surface area contributed by atoms with E-state index in [9.17, 15) is 9.59 Å². The number of hydrazone groups is 1. The number of imidazole rings is 1. The van der Waals surface area contributed by atoms with Crippen LogP contribution in [0.4, 0.5) is 5.95 Å². The van der Waals surface area contributed by atoms with Crippen LogP contribution in [0.15, 0.2) is 73.8 Å². The third kappa shape index (κ3) is 3.90. The van der Waals surface area contributed by atoms with Crippen molar-refractivity contribution in [3.8, 4) is 0 Å². The first-order valence-electron chi connectivity index (χ1n) is 8.81. The lowest BCUT2D eigenvalue weighted by atomic mass is 10.2. The van der Waals surface area contributed by atoms with Crippen molar-refractivity contribution in [3.63, 3.8) is 0 Å². The summed E-state index contributed by atoms with van der Waals surface area (Å²) in [6.07, 6.45) is 1.66. The van der Waals surface area contributed by atoms with Crippen LogP contribution in [0.25, 0.3) is 11.2 Å². The average molecular weight is 453 g/mol. The van der Waals surface area contributed by atoms with E-state index in [0.29, 0.717) is 18.0 Å². The summed E-state index contributed by atoms with van der Waals surface area (Å²) in [7, 11) is 1.56. The molecule has 0 aliphatic heterocycles. The van der Waals surface area contributed by atoms with E-state index in [1.54, 1.807) is 17.8 Å². The maximum Gasteiger partial charge on any atom is 0.329 e. The van der Waals surface area contributed by atoms with Crippen LogP contribution in [0.2, 0.25) is 0 Å². The number of nitrogens with zero attached hydrogens (tertiary/aromatic N) is 4. The van der Waals surface area contributed by atoms with Gasteiger partial charge in [0.25, 0.3) is 5.56 Å². The number of halogens is 1. The number of aromatic nitrogens is 4. The molecule has 29 heavy (non-hydrogen) atoms. The molecule has 2 aromatic carbocycles. The van der Waals surface area contributed by atoms with Crippen molar-refractivity contribution in [1.29, 1.82) is 0 Å². The summed E-state index contributed by atoms with van der Waals surface area (Å²) in [5.41, 5.74) is 4.34. The van der Waals surface area contributed by atoms with Gasteiger partial charge in [-0.15, -0.1) is 0 Å². The first-order chi connectivity index (χ1) is 14.0. The number of hydrogen-bond donors (Lipinski definition) is 2. The normalized spacial score (nSPS) is 11.4. The van der Waals surface area contributed by atoms with Crippen LogP contribution < -0.4 is 16.7 Å². The van der Waals surface area contributed by atoms with Gasteiger partial charge in [-0.3, -0.25) is 18.9 Å². The van der Waals surface area contributed by atoms with E-state index in [4.69, 9.17) is 0 Å². The maximum atomic E-state index is 12.5. The Bertz CT molecular complexity index is 1320. The molecule has 2 heterocycles. The highest BCUT2D eigenvalue weighted by molar-refractivity contribution is 9.10.